The Morgan fingerprint density at radius 2 is 1.88 bits per heavy atom. The molecule has 0 bridgehead atoms. The second kappa shape index (κ2) is 4.41. The molecule has 88 valence electrons. The summed E-state index contributed by atoms with van der Waals surface area (Å²) < 4.78 is 5.20. The average Bonchev–Trinajstić information content (AvgIpc) is 2.28. The van der Waals surface area contributed by atoms with Gasteiger partial charge in [0.05, 0.1) is 18.5 Å². The Balaban J connectivity index is 2.52. The summed E-state index contributed by atoms with van der Waals surface area (Å²) >= 11 is 0. The van der Waals surface area contributed by atoms with E-state index < -0.39 is 0 Å². The molecular formula is C13H15N3O. The van der Waals surface area contributed by atoms with Gasteiger partial charge in [0, 0.05) is 11.3 Å². The fraction of sp³-hybridized carbons (Fsp3) is 0.231. The minimum atomic E-state index is 0.624. The van der Waals surface area contributed by atoms with Crippen LogP contribution in [0.2, 0.25) is 0 Å². The van der Waals surface area contributed by atoms with Crippen LogP contribution in [0.15, 0.2) is 24.3 Å². The van der Waals surface area contributed by atoms with E-state index in [1.807, 2.05) is 38.1 Å². The highest BCUT2D eigenvalue weighted by molar-refractivity contribution is 5.67. The van der Waals surface area contributed by atoms with Gasteiger partial charge in [0.2, 0.25) is 0 Å². The number of anilines is 1. The highest BCUT2D eigenvalue weighted by Crippen LogP contribution is 2.27. The summed E-state index contributed by atoms with van der Waals surface area (Å²) in [4.78, 5) is 8.65. The van der Waals surface area contributed by atoms with E-state index in [0.29, 0.717) is 11.4 Å². The van der Waals surface area contributed by atoms with Crippen LogP contribution in [0.4, 0.5) is 5.69 Å². The van der Waals surface area contributed by atoms with Crippen molar-refractivity contribution in [3.05, 3.63) is 35.8 Å². The van der Waals surface area contributed by atoms with Crippen LogP contribution in [0, 0.1) is 13.8 Å². The van der Waals surface area contributed by atoms with Crippen LogP contribution in [-0.2, 0) is 0 Å². The highest BCUT2D eigenvalue weighted by atomic mass is 16.5. The summed E-state index contributed by atoms with van der Waals surface area (Å²) in [6.07, 6.45) is 0. The molecule has 1 aromatic heterocycles. The normalized spacial score (nSPS) is 10.3. The Labute approximate surface area is 100 Å². The van der Waals surface area contributed by atoms with E-state index in [-0.39, 0.29) is 0 Å². The molecule has 0 fully saturated rings. The standard InChI is InChI=1S/C13H15N3O/c1-8-6-12(16-9(2)15-8)10-4-5-11(14)13(7-10)17-3/h4-7H,14H2,1-3H3. The molecule has 0 saturated carbocycles. The first-order valence-electron chi connectivity index (χ1n) is 5.36. The lowest BCUT2D eigenvalue weighted by Gasteiger charge is -2.08. The zero-order valence-corrected chi connectivity index (χ0v) is 10.2. The first-order chi connectivity index (χ1) is 8.10. The van der Waals surface area contributed by atoms with Crippen LogP contribution in [0.3, 0.4) is 0 Å². The molecule has 1 aromatic carbocycles. The van der Waals surface area contributed by atoms with E-state index in [0.717, 1.165) is 22.8 Å². The summed E-state index contributed by atoms with van der Waals surface area (Å²) in [5.41, 5.74) is 9.21. The molecule has 0 spiro atoms. The fourth-order valence-corrected chi connectivity index (χ4v) is 1.74. The average molecular weight is 229 g/mol. The maximum atomic E-state index is 5.78. The van der Waals surface area contributed by atoms with E-state index >= 15 is 0 Å². The number of rotatable bonds is 2. The Kier molecular flexibility index (Phi) is 2.95. The second-order valence-electron chi connectivity index (χ2n) is 3.90. The lowest BCUT2D eigenvalue weighted by molar-refractivity contribution is 0.417. The third-order valence-electron chi connectivity index (χ3n) is 2.50. The van der Waals surface area contributed by atoms with E-state index in [9.17, 15) is 0 Å². The number of nitrogens with two attached hydrogens (primary N) is 1. The molecule has 0 unspecified atom stereocenters. The van der Waals surface area contributed by atoms with E-state index in [4.69, 9.17) is 10.5 Å². The number of nitrogens with zero attached hydrogens (tertiary/aromatic N) is 2. The van der Waals surface area contributed by atoms with Gasteiger partial charge in [-0.3, -0.25) is 0 Å². The number of hydrogen-bond acceptors (Lipinski definition) is 4. The zero-order valence-electron chi connectivity index (χ0n) is 10.2. The summed E-state index contributed by atoms with van der Waals surface area (Å²) in [6, 6.07) is 7.58. The Hall–Kier alpha value is -2.10. The van der Waals surface area contributed by atoms with Crippen molar-refractivity contribution in [1.82, 2.24) is 9.97 Å². The van der Waals surface area contributed by atoms with Crippen molar-refractivity contribution in [2.24, 2.45) is 0 Å². The molecule has 1 heterocycles. The van der Waals surface area contributed by atoms with Crippen molar-refractivity contribution in [2.75, 3.05) is 12.8 Å². The van der Waals surface area contributed by atoms with Gasteiger partial charge >= 0.3 is 0 Å². The molecule has 0 radical (unpaired) electrons. The van der Waals surface area contributed by atoms with Gasteiger partial charge in [-0.05, 0) is 32.0 Å². The molecule has 0 saturated heterocycles. The number of nitrogen functional groups attached to an aromatic ring is 1. The van der Waals surface area contributed by atoms with Crippen LogP contribution >= 0.6 is 0 Å². The maximum Gasteiger partial charge on any atom is 0.142 e. The quantitative estimate of drug-likeness (QED) is 0.803. The van der Waals surface area contributed by atoms with Gasteiger partial charge in [-0.25, -0.2) is 9.97 Å². The molecule has 0 aliphatic rings. The van der Waals surface area contributed by atoms with Crippen molar-refractivity contribution in [1.29, 1.82) is 0 Å². The lowest BCUT2D eigenvalue weighted by Crippen LogP contribution is -1.96. The first-order valence-corrected chi connectivity index (χ1v) is 5.36. The third-order valence-corrected chi connectivity index (χ3v) is 2.50. The molecule has 0 amide bonds. The van der Waals surface area contributed by atoms with Gasteiger partial charge in [0.15, 0.2) is 0 Å². The number of hydrogen-bond donors (Lipinski definition) is 1. The first kappa shape index (κ1) is 11.4. The van der Waals surface area contributed by atoms with Crippen molar-refractivity contribution >= 4 is 5.69 Å². The molecule has 4 nitrogen and oxygen atoms in total. The van der Waals surface area contributed by atoms with Crippen LogP contribution in [0.25, 0.3) is 11.3 Å². The topological polar surface area (TPSA) is 61.0 Å². The number of aryl methyl sites for hydroxylation is 2. The molecule has 17 heavy (non-hydrogen) atoms. The second-order valence-corrected chi connectivity index (χ2v) is 3.90. The Morgan fingerprint density at radius 1 is 1.12 bits per heavy atom. The van der Waals surface area contributed by atoms with E-state index in [1.165, 1.54) is 0 Å². The van der Waals surface area contributed by atoms with Gasteiger partial charge in [-0.15, -0.1) is 0 Å². The number of benzene rings is 1. The van der Waals surface area contributed by atoms with Crippen molar-refractivity contribution in [3.63, 3.8) is 0 Å². The predicted octanol–water partition coefficient (Wildman–Crippen LogP) is 2.35. The molecule has 0 aliphatic heterocycles. The summed E-state index contributed by atoms with van der Waals surface area (Å²) in [5.74, 6) is 1.42. The van der Waals surface area contributed by atoms with Crippen molar-refractivity contribution < 1.29 is 4.74 Å². The fourth-order valence-electron chi connectivity index (χ4n) is 1.74. The van der Waals surface area contributed by atoms with Crippen LogP contribution in [0.1, 0.15) is 11.5 Å². The summed E-state index contributed by atoms with van der Waals surface area (Å²) in [5, 5.41) is 0. The molecule has 0 aliphatic carbocycles. The number of methoxy groups -OCH3 is 1. The molecule has 2 aromatic rings. The van der Waals surface area contributed by atoms with Crippen LogP contribution < -0.4 is 10.5 Å². The molecule has 4 heteroatoms. The number of aromatic nitrogens is 2. The van der Waals surface area contributed by atoms with Crippen molar-refractivity contribution in [2.45, 2.75) is 13.8 Å². The van der Waals surface area contributed by atoms with Crippen molar-refractivity contribution in [3.8, 4) is 17.0 Å². The summed E-state index contributed by atoms with van der Waals surface area (Å²) in [7, 11) is 1.60. The van der Waals surface area contributed by atoms with Crippen LogP contribution in [-0.4, -0.2) is 17.1 Å². The van der Waals surface area contributed by atoms with Gasteiger partial charge in [-0.1, -0.05) is 6.07 Å². The Morgan fingerprint density at radius 3 is 2.53 bits per heavy atom. The number of ether oxygens (including phenoxy) is 1. The lowest BCUT2D eigenvalue weighted by atomic mass is 10.1. The zero-order chi connectivity index (χ0) is 12.4. The monoisotopic (exact) mass is 229 g/mol. The van der Waals surface area contributed by atoms with Gasteiger partial charge in [-0.2, -0.15) is 0 Å². The maximum absolute atomic E-state index is 5.78. The summed E-state index contributed by atoms with van der Waals surface area (Å²) in [6.45, 7) is 3.83. The van der Waals surface area contributed by atoms with Gasteiger partial charge in [0.25, 0.3) is 0 Å². The molecule has 0 atom stereocenters. The smallest absolute Gasteiger partial charge is 0.142 e. The SMILES string of the molecule is COc1cc(-c2cc(C)nc(C)n2)ccc1N. The van der Waals surface area contributed by atoms with Crippen LogP contribution in [0.5, 0.6) is 5.75 Å². The predicted molar refractivity (Wildman–Crippen MR) is 67.9 cm³/mol. The molecular weight excluding hydrogens is 214 g/mol. The molecule has 2 rings (SSSR count). The largest absolute Gasteiger partial charge is 0.495 e. The minimum Gasteiger partial charge on any atom is -0.495 e. The van der Waals surface area contributed by atoms with E-state index in [1.54, 1.807) is 7.11 Å². The Bertz CT molecular complexity index is 532. The molecule has 2 N–H and O–H groups in total. The van der Waals surface area contributed by atoms with Gasteiger partial charge < -0.3 is 10.5 Å². The highest BCUT2D eigenvalue weighted by Gasteiger charge is 2.06. The third kappa shape index (κ3) is 2.36. The van der Waals surface area contributed by atoms with Gasteiger partial charge in [0.1, 0.15) is 11.6 Å². The van der Waals surface area contributed by atoms with E-state index in [2.05, 4.69) is 9.97 Å². The minimum absolute atomic E-state index is 0.624.